The van der Waals surface area contributed by atoms with Crippen LogP contribution in [0.4, 0.5) is 0 Å². The summed E-state index contributed by atoms with van der Waals surface area (Å²) in [7, 11) is -5.17. The van der Waals surface area contributed by atoms with Gasteiger partial charge in [0.05, 0.1) is 58.1 Å². The summed E-state index contributed by atoms with van der Waals surface area (Å²) in [6.07, 6.45) is 24.6. The number of hydrogen-bond donors (Lipinski definition) is 1. The molecule has 290 valence electrons. The Kier molecular flexibility index (Phi) is 31.7. The average Bonchev–Trinajstić information content (AvgIpc) is 3.47. The zero-order chi connectivity index (χ0) is 37.4. The smallest absolute Gasteiger partial charge is 0.0972 e. The van der Waals surface area contributed by atoms with Gasteiger partial charge in [0.2, 0.25) is 0 Å². The molecule has 0 aromatic heterocycles. The van der Waals surface area contributed by atoms with E-state index in [4.69, 9.17) is 22.6 Å². The van der Waals surface area contributed by atoms with Gasteiger partial charge in [-0.25, -0.2) is 0 Å². The molecule has 0 bridgehead atoms. The van der Waals surface area contributed by atoms with Crippen LogP contribution in [0.5, 0.6) is 0 Å². The lowest BCUT2D eigenvalue weighted by Crippen LogP contribution is -2.50. The van der Waals surface area contributed by atoms with Crippen molar-refractivity contribution in [2.24, 2.45) is 0 Å². The molecule has 0 spiro atoms. The van der Waals surface area contributed by atoms with E-state index < -0.39 is 10.4 Å². The van der Waals surface area contributed by atoms with Crippen LogP contribution in [0.1, 0.15) is 169 Å². The van der Waals surface area contributed by atoms with Crippen molar-refractivity contribution in [3.63, 3.8) is 0 Å². The number of hydrogen-bond acceptors (Lipinski definition) is 5. The summed E-state index contributed by atoms with van der Waals surface area (Å²) in [5.41, 5.74) is 2.38. The predicted octanol–water partition coefficient (Wildman–Crippen LogP) is 10.8. The summed E-state index contributed by atoms with van der Waals surface area (Å²) >= 11 is 0. The molecule has 0 heterocycles. The molecule has 0 unspecified atom stereocenters. The SMILES string of the molecule is CCCC[N+](CCCC)(CCCC)CCCC.CCCC[N+](CCCC)(CCCC)CCCC.O=S(=O)([O-])[O-].OC1=Cc2ccccc2C1. The molecular formula is C41H80N2O5S. The minimum Gasteiger partial charge on any atom is -0.759 e. The Morgan fingerprint density at radius 2 is 0.776 bits per heavy atom. The van der Waals surface area contributed by atoms with Crippen LogP contribution in [0.15, 0.2) is 30.0 Å². The highest BCUT2D eigenvalue weighted by atomic mass is 32.3. The summed E-state index contributed by atoms with van der Waals surface area (Å²) in [5.74, 6) is 0.473. The molecule has 0 atom stereocenters. The fraction of sp³-hybridized carbons (Fsp3) is 0.805. The Balaban J connectivity index is 0. The Hall–Kier alpha value is -1.45. The van der Waals surface area contributed by atoms with Gasteiger partial charge in [-0.05, 0) is 68.6 Å². The Morgan fingerprint density at radius 3 is 1.00 bits per heavy atom. The lowest BCUT2D eigenvalue weighted by Gasteiger charge is -2.39. The highest BCUT2D eigenvalue weighted by molar-refractivity contribution is 7.79. The first-order valence-electron chi connectivity index (χ1n) is 20.2. The number of unbranched alkanes of at least 4 members (excludes halogenated alkanes) is 8. The number of aliphatic hydroxyl groups excluding tert-OH is 1. The van der Waals surface area contributed by atoms with E-state index in [1.807, 2.05) is 30.3 Å². The van der Waals surface area contributed by atoms with Crippen molar-refractivity contribution >= 4 is 16.5 Å². The van der Waals surface area contributed by atoms with Gasteiger partial charge >= 0.3 is 0 Å². The second kappa shape index (κ2) is 31.3. The maximum Gasteiger partial charge on any atom is 0.0972 e. The summed E-state index contributed by atoms with van der Waals surface area (Å²) in [4.78, 5) is 0. The molecule has 49 heavy (non-hydrogen) atoms. The second-order valence-electron chi connectivity index (χ2n) is 14.2. The van der Waals surface area contributed by atoms with Gasteiger partial charge in [0.25, 0.3) is 0 Å². The second-order valence-corrected chi connectivity index (χ2v) is 15.0. The Morgan fingerprint density at radius 1 is 0.531 bits per heavy atom. The number of fused-ring (bicyclic) bond motifs is 1. The first-order valence-corrected chi connectivity index (χ1v) is 21.5. The monoisotopic (exact) mass is 713 g/mol. The number of allylic oxidation sites excluding steroid dienone is 1. The number of benzene rings is 1. The molecule has 0 amide bonds. The first-order chi connectivity index (χ1) is 23.3. The van der Waals surface area contributed by atoms with E-state index in [-0.39, 0.29) is 0 Å². The van der Waals surface area contributed by atoms with Crippen molar-refractivity contribution in [3.8, 4) is 0 Å². The van der Waals surface area contributed by atoms with Gasteiger partial charge in [0.15, 0.2) is 0 Å². The third kappa shape index (κ3) is 27.9. The van der Waals surface area contributed by atoms with Crippen LogP contribution in [0.3, 0.4) is 0 Å². The van der Waals surface area contributed by atoms with Gasteiger partial charge in [-0.15, -0.1) is 0 Å². The van der Waals surface area contributed by atoms with Crippen LogP contribution >= 0.6 is 0 Å². The summed E-state index contributed by atoms with van der Waals surface area (Å²) in [5, 5.41) is 9.11. The minimum absolute atomic E-state index is 0.473. The highest BCUT2D eigenvalue weighted by Crippen LogP contribution is 2.22. The van der Waals surface area contributed by atoms with Gasteiger partial charge in [-0.1, -0.05) is 131 Å². The van der Waals surface area contributed by atoms with Crippen molar-refractivity contribution in [1.29, 1.82) is 0 Å². The van der Waals surface area contributed by atoms with Crippen LogP contribution in [0.25, 0.3) is 6.08 Å². The van der Waals surface area contributed by atoms with E-state index in [1.54, 1.807) is 0 Å². The molecule has 0 saturated carbocycles. The Labute approximate surface area is 305 Å². The quantitative estimate of drug-likeness (QED) is 0.0653. The van der Waals surface area contributed by atoms with Crippen LogP contribution in [0.2, 0.25) is 0 Å². The lowest BCUT2D eigenvalue weighted by atomic mass is 10.1. The van der Waals surface area contributed by atoms with E-state index in [0.29, 0.717) is 12.2 Å². The largest absolute Gasteiger partial charge is 0.759 e. The number of aliphatic hydroxyl groups is 1. The average molecular weight is 713 g/mol. The van der Waals surface area contributed by atoms with Crippen LogP contribution in [-0.4, -0.2) is 84.0 Å². The van der Waals surface area contributed by atoms with Crippen LogP contribution < -0.4 is 0 Å². The maximum atomic E-state index is 9.11. The Bertz CT molecular complexity index is 909. The van der Waals surface area contributed by atoms with Crippen LogP contribution in [0, 0.1) is 0 Å². The first kappa shape index (κ1) is 49.7. The summed E-state index contributed by atoms with van der Waals surface area (Å²) < 4.78 is 36.9. The number of nitrogens with zero attached hydrogens (tertiary/aromatic N) is 2. The summed E-state index contributed by atoms with van der Waals surface area (Å²) in [6.45, 7) is 30.0. The molecule has 0 radical (unpaired) electrons. The molecule has 8 heteroatoms. The fourth-order valence-corrected chi connectivity index (χ4v) is 6.55. The molecule has 0 aliphatic heterocycles. The van der Waals surface area contributed by atoms with E-state index >= 15 is 0 Å². The van der Waals surface area contributed by atoms with Gasteiger partial charge < -0.3 is 23.2 Å². The zero-order valence-corrected chi connectivity index (χ0v) is 34.3. The minimum atomic E-state index is -5.17. The van der Waals surface area contributed by atoms with Crippen molar-refractivity contribution in [1.82, 2.24) is 0 Å². The standard InChI is InChI=1S/2C16H36N.C9H8O.H2O4S/c2*1-5-9-13-17(14-10-6-2,15-11-7-3)16-12-8-4;10-9-5-7-3-1-2-4-8(7)6-9;1-5(2,3)4/h2*5-16H2,1-4H3;1-5,10H,6H2;(H2,1,2,3,4)/q2*+1;;/p-2. The van der Waals surface area contributed by atoms with Crippen molar-refractivity contribution in [2.75, 3.05) is 52.4 Å². The normalized spacial score (nSPS) is 12.5. The van der Waals surface area contributed by atoms with Crippen LogP contribution in [-0.2, 0) is 16.8 Å². The molecule has 7 nitrogen and oxygen atoms in total. The number of quaternary nitrogens is 2. The maximum absolute atomic E-state index is 9.11. The molecular weight excluding hydrogens is 633 g/mol. The fourth-order valence-electron chi connectivity index (χ4n) is 6.55. The topological polar surface area (TPSA) is 100 Å². The van der Waals surface area contributed by atoms with Gasteiger partial charge in [-0.2, -0.15) is 0 Å². The molecule has 1 aliphatic rings. The number of rotatable bonds is 24. The third-order valence-corrected chi connectivity index (χ3v) is 9.64. The van der Waals surface area contributed by atoms with E-state index in [2.05, 4.69) is 55.4 Å². The van der Waals surface area contributed by atoms with E-state index in [9.17, 15) is 0 Å². The van der Waals surface area contributed by atoms with Gasteiger partial charge in [0.1, 0.15) is 0 Å². The van der Waals surface area contributed by atoms with E-state index in [1.165, 1.54) is 170 Å². The highest BCUT2D eigenvalue weighted by Gasteiger charge is 2.25. The van der Waals surface area contributed by atoms with E-state index in [0.717, 1.165) is 5.56 Å². The van der Waals surface area contributed by atoms with Gasteiger partial charge in [-0.3, -0.25) is 8.42 Å². The zero-order valence-electron chi connectivity index (χ0n) is 33.4. The molecule has 1 aromatic rings. The molecule has 1 aliphatic carbocycles. The molecule has 1 aromatic carbocycles. The van der Waals surface area contributed by atoms with Crippen molar-refractivity contribution < 1.29 is 31.6 Å². The van der Waals surface area contributed by atoms with Crippen molar-refractivity contribution in [3.05, 3.63) is 41.2 Å². The molecule has 2 rings (SSSR count). The molecule has 1 N–H and O–H groups in total. The molecule has 0 fully saturated rings. The van der Waals surface area contributed by atoms with Gasteiger partial charge in [0, 0.05) is 16.8 Å². The van der Waals surface area contributed by atoms with Crippen molar-refractivity contribution in [2.45, 2.75) is 165 Å². The lowest BCUT2D eigenvalue weighted by molar-refractivity contribution is -0.929. The third-order valence-electron chi connectivity index (χ3n) is 9.64. The predicted molar refractivity (Wildman–Crippen MR) is 210 cm³/mol. The summed E-state index contributed by atoms with van der Waals surface area (Å²) in [6, 6.07) is 8.02. The molecule has 0 saturated heterocycles.